The molecule has 4 N–H and O–H groups in total. The standard InChI is InChI=1S/C17H30N2/c1-10(2)7-12(5)14-9-16(18)13(6)17(19)15(14)8-11(3)4/h9-12H,7-8,18-19H2,1-6H3. The van der Waals surface area contributed by atoms with E-state index in [-0.39, 0.29) is 0 Å². The zero-order valence-corrected chi connectivity index (χ0v) is 13.4. The van der Waals surface area contributed by atoms with Crippen LogP contribution in [0.3, 0.4) is 0 Å². The van der Waals surface area contributed by atoms with Crippen molar-refractivity contribution < 1.29 is 0 Å². The zero-order chi connectivity index (χ0) is 14.7. The summed E-state index contributed by atoms with van der Waals surface area (Å²) in [5.74, 6) is 1.81. The van der Waals surface area contributed by atoms with Crippen molar-refractivity contribution in [2.24, 2.45) is 11.8 Å². The molecule has 0 heterocycles. The average Bonchev–Trinajstić information content (AvgIpc) is 2.28. The van der Waals surface area contributed by atoms with Gasteiger partial charge in [0, 0.05) is 11.4 Å². The van der Waals surface area contributed by atoms with Crippen LogP contribution in [0.1, 0.15) is 63.6 Å². The summed E-state index contributed by atoms with van der Waals surface area (Å²) in [7, 11) is 0. The molecule has 0 spiro atoms. The zero-order valence-electron chi connectivity index (χ0n) is 13.4. The van der Waals surface area contributed by atoms with Crippen LogP contribution >= 0.6 is 0 Å². The van der Waals surface area contributed by atoms with E-state index in [1.807, 2.05) is 6.92 Å². The lowest BCUT2D eigenvalue weighted by Crippen LogP contribution is -2.11. The fourth-order valence-corrected chi connectivity index (χ4v) is 2.81. The van der Waals surface area contributed by atoms with Crippen LogP contribution in [0.2, 0.25) is 0 Å². The number of nitrogens with two attached hydrogens (primary N) is 2. The van der Waals surface area contributed by atoms with Crippen LogP contribution in [0.5, 0.6) is 0 Å². The Bertz CT molecular complexity index is 433. The van der Waals surface area contributed by atoms with Gasteiger partial charge >= 0.3 is 0 Å². The van der Waals surface area contributed by atoms with Gasteiger partial charge in [-0.2, -0.15) is 0 Å². The summed E-state index contributed by atoms with van der Waals surface area (Å²) in [4.78, 5) is 0. The van der Waals surface area contributed by atoms with Crippen LogP contribution in [0.4, 0.5) is 11.4 Å². The fourth-order valence-electron chi connectivity index (χ4n) is 2.81. The van der Waals surface area contributed by atoms with Gasteiger partial charge < -0.3 is 11.5 Å². The maximum absolute atomic E-state index is 6.32. The molecule has 0 aliphatic carbocycles. The van der Waals surface area contributed by atoms with E-state index < -0.39 is 0 Å². The lowest BCUT2D eigenvalue weighted by Gasteiger charge is -2.23. The maximum atomic E-state index is 6.32. The second-order valence-corrected chi connectivity index (χ2v) is 6.70. The van der Waals surface area contributed by atoms with E-state index in [4.69, 9.17) is 11.5 Å². The first kappa shape index (κ1) is 15.9. The number of benzene rings is 1. The highest BCUT2D eigenvalue weighted by molar-refractivity contribution is 5.68. The van der Waals surface area contributed by atoms with Crippen molar-refractivity contribution in [1.82, 2.24) is 0 Å². The van der Waals surface area contributed by atoms with Gasteiger partial charge in [-0.1, -0.05) is 34.6 Å². The Morgan fingerprint density at radius 2 is 1.58 bits per heavy atom. The number of nitrogen functional groups attached to an aromatic ring is 2. The summed E-state index contributed by atoms with van der Waals surface area (Å²) in [5.41, 5.74) is 17.9. The molecule has 0 amide bonds. The maximum Gasteiger partial charge on any atom is 0.0399 e. The van der Waals surface area contributed by atoms with Gasteiger partial charge in [-0.3, -0.25) is 0 Å². The molecule has 1 aromatic carbocycles. The number of hydrogen-bond donors (Lipinski definition) is 2. The van der Waals surface area contributed by atoms with Gasteiger partial charge in [0.25, 0.3) is 0 Å². The molecule has 1 atom stereocenters. The van der Waals surface area contributed by atoms with Gasteiger partial charge in [0.1, 0.15) is 0 Å². The van der Waals surface area contributed by atoms with E-state index in [2.05, 4.69) is 40.7 Å². The summed E-state index contributed by atoms with van der Waals surface area (Å²) >= 11 is 0. The lowest BCUT2D eigenvalue weighted by atomic mass is 9.84. The van der Waals surface area contributed by atoms with E-state index in [0.717, 1.165) is 23.4 Å². The van der Waals surface area contributed by atoms with Gasteiger partial charge in [-0.05, 0) is 60.3 Å². The molecule has 2 nitrogen and oxygen atoms in total. The average molecular weight is 262 g/mol. The molecule has 1 unspecified atom stereocenters. The molecule has 19 heavy (non-hydrogen) atoms. The summed E-state index contributed by atoms with van der Waals surface area (Å²) < 4.78 is 0. The smallest absolute Gasteiger partial charge is 0.0399 e. The first-order valence-corrected chi connectivity index (χ1v) is 7.41. The molecule has 0 saturated heterocycles. The Balaban J connectivity index is 3.27. The molecule has 1 aromatic rings. The van der Waals surface area contributed by atoms with Crippen LogP contribution in [0.25, 0.3) is 0 Å². The molecule has 108 valence electrons. The summed E-state index contributed by atoms with van der Waals surface area (Å²) in [6.45, 7) is 13.3. The number of hydrogen-bond acceptors (Lipinski definition) is 2. The Morgan fingerprint density at radius 3 is 2.05 bits per heavy atom. The first-order chi connectivity index (χ1) is 8.73. The van der Waals surface area contributed by atoms with Crippen LogP contribution < -0.4 is 11.5 Å². The second-order valence-electron chi connectivity index (χ2n) is 6.70. The SMILES string of the molecule is Cc1c(N)cc(C(C)CC(C)C)c(CC(C)C)c1N. The van der Waals surface area contributed by atoms with Gasteiger partial charge in [-0.25, -0.2) is 0 Å². The van der Waals surface area contributed by atoms with E-state index in [9.17, 15) is 0 Å². The van der Waals surface area contributed by atoms with Crippen LogP contribution in [-0.2, 0) is 6.42 Å². The number of anilines is 2. The van der Waals surface area contributed by atoms with E-state index >= 15 is 0 Å². The van der Waals surface area contributed by atoms with Crippen molar-refractivity contribution in [2.45, 2.75) is 60.3 Å². The molecular weight excluding hydrogens is 232 g/mol. The minimum atomic E-state index is 0.513. The molecule has 0 radical (unpaired) electrons. The highest BCUT2D eigenvalue weighted by Crippen LogP contribution is 2.35. The molecule has 1 rings (SSSR count). The Morgan fingerprint density at radius 1 is 1.00 bits per heavy atom. The monoisotopic (exact) mass is 262 g/mol. The predicted octanol–water partition coefficient (Wildman–Crippen LogP) is 4.51. The summed E-state index contributed by atoms with van der Waals surface area (Å²) in [5, 5.41) is 0. The highest BCUT2D eigenvalue weighted by Gasteiger charge is 2.18. The summed E-state index contributed by atoms with van der Waals surface area (Å²) in [6.07, 6.45) is 2.21. The first-order valence-electron chi connectivity index (χ1n) is 7.41. The van der Waals surface area contributed by atoms with Gasteiger partial charge in [0.05, 0.1) is 0 Å². The molecule has 0 bridgehead atoms. The minimum Gasteiger partial charge on any atom is -0.398 e. The van der Waals surface area contributed by atoms with E-state index in [1.165, 1.54) is 17.5 Å². The van der Waals surface area contributed by atoms with Gasteiger partial charge in [0.2, 0.25) is 0 Å². The molecule has 0 aromatic heterocycles. The molecular formula is C17H30N2. The molecule has 0 fully saturated rings. The largest absolute Gasteiger partial charge is 0.398 e. The molecule has 0 saturated carbocycles. The van der Waals surface area contributed by atoms with Crippen molar-refractivity contribution in [3.8, 4) is 0 Å². The predicted molar refractivity (Wildman–Crippen MR) is 86.4 cm³/mol. The highest BCUT2D eigenvalue weighted by atomic mass is 14.6. The van der Waals surface area contributed by atoms with Crippen molar-refractivity contribution in [2.75, 3.05) is 11.5 Å². The third kappa shape index (κ3) is 3.89. The van der Waals surface area contributed by atoms with Crippen molar-refractivity contribution in [3.05, 3.63) is 22.8 Å². The Labute approximate surface area is 118 Å². The third-order valence-corrected chi connectivity index (χ3v) is 3.79. The fraction of sp³-hybridized carbons (Fsp3) is 0.647. The van der Waals surface area contributed by atoms with Crippen molar-refractivity contribution in [1.29, 1.82) is 0 Å². The lowest BCUT2D eigenvalue weighted by molar-refractivity contribution is 0.518. The van der Waals surface area contributed by atoms with Crippen LogP contribution in [0.15, 0.2) is 6.07 Å². The quantitative estimate of drug-likeness (QED) is 0.767. The molecule has 2 heteroatoms. The Hall–Kier alpha value is -1.18. The molecule has 0 aliphatic rings. The van der Waals surface area contributed by atoms with Gasteiger partial charge in [0.15, 0.2) is 0 Å². The molecule has 0 aliphatic heterocycles. The minimum absolute atomic E-state index is 0.513. The normalized spacial score (nSPS) is 13.3. The third-order valence-electron chi connectivity index (χ3n) is 3.79. The van der Waals surface area contributed by atoms with Crippen LogP contribution in [-0.4, -0.2) is 0 Å². The van der Waals surface area contributed by atoms with Crippen molar-refractivity contribution >= 4 is 11.4 Å². The second kappa shape index (κ2) is 6.31. The number of rotatable bonds is 5. The van der Waals surface area contributed by atoms with Gasteiger partial charge in [-0.15, -0.1) is 0 Å². The topological polar surface area (TPSA) is 52.0 Å². The van der Waals surface area contributed by atoms with E-state index in [1.54, 1.807) is 0 Å². The van der Waals surface area contributed by atoms with E-state index in [0.29, 0.717) is 17.8 Å². The van der Waals surface area contributed by atoms with Crippen LogP contribution in [0, 0.1) is 18.8 Å². The Kier molecular flexibility index (Phi) is 5.28. The van der Waals surface area contributed by atoms with Crippen molar-refractivity contribution in [3.63, 3.8) is 0 Å². The summed E-state index contributed by atoms with van der Waals surface area (Å²) in [6, 6.07) is 2.15.